The molecule has 0 aliphatic rings. The Morgan fingerprint density at radius 3 is 1.24 bits per heavy atom. The summed E-state index contributed by atoms with van der Waals surface area (Å²) < 4.78 is 0. The minimum absolute atomic E-state index is 0.0369. The molecule has 21 heteroatoms. The van der Waals surface area contributed by atoms with Gasteiger partial charge in [0.2, 0.25) is 47.3 Å². The quantitative estimate of drug-likeness (QED) is 0.0280. The molecule has 5 aromatic carbocycles. The van der Waals surface area contributed by atoms with Crippen LogP contribution in [0.3, 0.4) is 0 Å². The molecule has 8 amide bonds. The summed E-state index contributed by atoms with van der Waals surface area (Å²) in [5, 5.41) is 31.3. The lowest BCUT2D eigenvalue weighted by molar-refractivity contribution is -0.136. The number of unbranched alkanes of at least 4 members (excludes halogenated alkanes) is 1. The van der Waals surface area contributed by atoms with Gasteiger partial charge in [-0.15, -0.1) is 0 Å². The van der Waals surface area contributed by atoms with E-state index in [-0.39, 0.29) is 45.1 Å². The number of carbonyl (C=O) groups is 8. The summed E-state index contributed by atoms with van der Waals surface area (Å²) in [4.78, 5) is 120. The number of nitrogens with one attached hydrogen (secondary N) is 9. The zero-order valence-corrected chi connectivity index (χ0v) is 48.0. The number of aromatic amines is 2. The number of hydrogen-bond donors (Lipinski definition) is 13. The molecule has 0 fully saturated rings. The minimum Gasteiger partial charge on any atom is -0.391 e. The van der Waals surface area contributed by atoms with Crippen molar-refractivity contribution in [2.45, 2.75) is 127 Å². The van der Waals surface area contributed by atoms with Crippen LogP contribution >= 0.6 is 0 Å². The number of aromatic nitrogens is 2. The van der Waals surface area contributed by atoms with Crippen molar-refractivity contribution in [1.29, 1.82) is 0 Å². The van der Waals surface area contributed by atoms with E-state index in [2.05, 4.69) is 47.2 Å². The summed E-state index contributed by atoms with van der Waals surface area (Å²) in [6.07, 6.45) is 3.06. The molecule has 0 spiro atoms. The number of aliphatic hydroxyl groups is 1. The first-order chi connectivity index (χ1) is 40.9. The van der Waals surface area contributed by atoms with Gasteiger partial charge in [-0.25, -0.2) is 0 Å². The van der Waals surface area contributed by atoms with Gasteiger partial charge >= 0.3 is 0 Å². The molecule has 0 unspecified atom stereocenters. The molecule has 7 rings (SSSR count). The van der Waals surface area contributed by atoms with Gasteiger partial charge in [0.25, 0.3) is 0 Å². The number of amides is 8. The Bertz CT molecular complexity index is 3370. The van der Waals surface area contributed by atoms with E-state index in [9.17, 15) is 33.9 Å². The number of primary amides is 1. The molecule has 2 aromatic heterocycles. The summed E-state index contributed by atoms with van der Waals surface area (Å²) in [7, 11) is 0. The van der Waals surface area contributed by atoms with Crippen LogP contribution in [0.2, 0.25) is 0 Å². The van der Waals surface area contributed by atoms with Crippen molar-refractivity contribution < 1.29 is 43.5 Å². The molecule has 16 N–H and O–H groups in total. The maximum absolute atomic E-state index is 15.2. The zero-order valence-electron chi connectivity index (χ0n) is 48.0. The molecule has 9 atom stereocenters. The number of benzene rings is 5. The van der Waals surface area contributed by atoms with Gasteiger partial charge in [0.05, 0.1) is 12.1 Å². The molecule has 0 aliphatic carbocycles. The Hall–Kier alpha value is -9.18. The average Bonchev–Trinajstić information content (AvgIpc) is 4.36. The molecule has 448 valence electrons. The molecule has 0 saturated heterocycles. The fourth-order valence-electron chi connectivity index (χ4n) is 10.1. The van der Waals surface area contributed by atoms with Gasteiger partial charge < -0.3 is 69.5 Å². The van der Waals surface area contributed by atoms with Crippen molar-refractivity contribution in [1.82, 2.24) is 47.2 Å². The summed E-state index contributed by atoms with van der Waals surface area (Å²) in [6, 6.07) is 31.6. The highest BCUT2D eigenvalue weighted by atomic mass is 16.3. The first-order valence-electron chi connectivity index (χ1n) is 28.7. The normalized spacial score (nSPS) is 14.5. The standard InChI is InChI=1S/C64H78N12O9/c1-38(2)55(64(85)74-52(33-42-23-11-6-12-24-42)63(84)76-56(39(3)77)57(67)78)75-59(80)50(29-17-18-30-65)70-61(82)53(34-43-36-68-48-27-15-13-25-45(43)48)73-62(83)54(35-44-37-69-49-28-16-14-26-46(44)49)72-60(81)51(32-41-21-9-5-10-22-41)71-58(79)47(66)31-40-19-7-4-8-20-40/h4-16,19-28,36-39,47,50-56,68-69,77H,17-18,29-35,65-66H2,1-3H3,(H2,67,78)(H,70,82)(H,71,79)(H,72,81)(H,73,83)(H,74,85)(H,75,80)(H,76,84)/t39-,47-,50+,51+,52+,53-,54+,55+,56+/m1/s1. The van der Waals surface area contributed by atoms with Crippen molar-refractivity contribution in [2.75, 3.05) is 6.54 Å². The number of para-hydroxylation sites is 2. The molecule has 0 bridgehead atoms. The number of aliphatic hydroxyl groups excluding tert-OH is 1. The Morgan fingerprint density at radius 1 is 0.435 bits per heavy atom. The molecule has 0 saturated carbocycles. The van der Waals surface area contributed by atoms with Gasteiger partial charge in [-0.05, 0) is 85.0 Å². The summed E-state index contributed by atoms with van der Waals surface area (Å²) in [5.74, 6) is -6.68. The van der Waals surface area contributed by atoms with Crippen LogP contribution in [0.25, 0.3) is 21.8 Å². The number of nitrogens with two attached hydrogens (primary N) is 3. The van der Waals surface area contributed by atoms with Gasteiger partial charge in [0.15, 0.2) is 0 Å². The predicted octanol–water partition coefficient (Wildman–Crippen LogP) is 2.53. The van der Waals surface area contributed by atoms with Gasteiger partial charge in [-0.1, -0.05) is 141 Å². The monoisotopic (exact) mass is 1160 g/mol. The maximum atomic E-state index is 15.2. The van der Waals surface area contributed by atoms with Gasteiger partial charge in [0.1, 0.15) is 42.3 Å². The highest BCUT2D eigenvalue weighted by molar-refractivity contribution is 5.99. The van der Waals surface area contributed by atoms with Crippen LogP contribution in [-0.4, -0.2) is 123 Å². The molecule has 2 heterocycles. The molecular formula is C64H78N12O9. The van der Waals surface area contributed by atoms with Crippen molar-refractivity contribution >= 4 is 69.1 Å². The number of rotatable bonds is 31. The Morgan fingerprint density at radius 2 is 0.800 bits per heavy atom. The number of hydrogen-bond acceptors (Lipinski definition) is 11. The molecule has 7 aromatic rings. The van der Waals surface area contributed by atoms with E-state index in [4.69, 9.17) is 17.2 Å². The second-order valence-corrected chi connectivity index (χ2v) is 21.8. The van der Waals surface area contributed by atoms with E-state index in [1.807, 2.05) is 109 Å². The van der Waals surface area contributed by atoms with Gasteiger partial charge in [0, 0.05) is 59.9 Å². The third kappa shape index (κ3) is 18.2. The third-order valence-corrected chi connectivity index (χ3v) is 14.8. The van der Waals surface area contributed by atoms with Crippen LogP contribution in [0.5, 0.6) is 0 Å². The van der Waals surface area contributed by atoms with E-state index in [1.165, 1.54) is 6.92 Å². The summed E-state index contributed by atoms with van der Waals surface area (Å²) >= 11 is 0. The van der Waals surface area contributed by atoms with Crippen LogP contribution in [0.1, 0.15) is 67.9 Å². The van der Waals surface area contributed by atoms with E-state index in [1.54, 1.807) is 56.6 Å². The van der Waals surface area contributed by atoms with Crippen LogP contribution in [-0.2, 0) is 70.5 Å². The van der Waals surface area contributed by atoms with Crippen molar-refractivity contribution in [3.8, 4) is 0 Å². The molecule has 21 nitrogen and oxygen atoms in total. The van der Waals surface area contributed by atoms with Crippen LogP contribution in [0.15, 0.2) is 152 Å². The second kappa shape index (κ2) is 30.9. The number of H-pyrrole nitrogens is 2. The van der Waals surface area contributed by atoms with E-state index in [0.29, 0.717) is 29.5 Å². The zero-order chi connectivity index (χ0) is 61.0. The number of carbonyl (C=O) groups excluding carboxylic acids is 8. The highest BCUT2D eigenvalue weighted by Gasteiger charge is 2.36. The highest BCUT2D eigenvalue weighted by Crippen LogP contribution is 2.22. The lowest BCUT2D eigenvalue weighted by Gasteiger charge is -2.29. The molecule has 0 radical (unpaired) electrons. The predicted molar refractivity (Wildman–Crippen MR) is 325 cm³/mol. The fourth-order valence-corrected chi connectivity index (χ4v) is 10.1. The second-order valence-electron chi connectivity index (χ2n) is 21.8. The Kier molecular flexibility index (Phi) is 23.1. The van der Waals surface area contributed by atoms with Crippen LogP contribution in [0.4, 0.5) is 0 Å². The van der Waals surface area contributed by atoms with Gasteiger partial charge in [-0.2, -0.15) is 0 Å². The average molecular weight is 1160 g/mol. The molecule has 85 heavy (non-hydrogen) atoms. The third-order valence-electron chi connectivity index (χ3n) is 14.8. The van der Waals surface area contributed by atoms with Crippen molar-refractivity contribution in [3.63, 3.8) is 0 Å². The lowest BCUT2D eigenvalue weighted by atomic mass is 9.99. The Labute approximate surface area is 493 Å². The van der Waals surface area contributed by atoms with E-state index in [0.717, 1.165) is 32.9 Å². The minimum atomic E-state index is -1.47. The largest absolute Gasteiger partial charge is 0.391 e. The first-order valence-corrected chi connectivity index (χ1v) is 28.7. The molecular weight excluding hydrogens is 1080 g/mol. The van der Waals surface area contributed by atoms with Crippen LogP contribution < -0.4 is 54.4 Å². The maximum Gasteiger partial charge on any atom is 0.243 e. The Balaban J connectivity index is 1.17. The molecule has 0 aliphatic heterocycles. The van der Waals surface area contributed by atoms with Crippen LogP contribution in [0, 0.1) is 5.92 Å². The first kappa shape index (κ1) is 63.4. The van der Waals surface area contributed by atoms with E-state index < -0.39 is 108 Å². The number of fused-ring (bicyclic) bond motifs is 2. The summed E-state index contributed by atoms with van der Waals surface area (Å²) in [6.45, 7) is 4.93. The smallest absolute Gasteiger partial charge is 0.243 e. The van der Waals surface area contributed by atoms with Gasteiger partial charge in [-0.3, -0.25) is 38.4 Å². The topological polar surface area (TPSA) is 351 Å². The lowest BCUT2D eigenvalue weighted by Crippen LogP contribution is -2.62. The van der Waals surface area contributed by atoms with Crippen molar-refractivity contribution in [3.05, 3.63) is 180 Å². The SMILES string of the molecule is CC(C)[C@H](NC(=O)[C@H](CCCCN)NC(=O)[C@@H](Cc1c[nH]c2ccccc12)NC(=O)[C@H](Cc1c[nH]c2ccccc12)NC(=O)[C@H](Cc1ccccc1)NC(=O)[C@H](N)Cc1ccccc1)C(=O)N[C@@H](Cc1ccccc1)C(=O)N[C@H](C(N)=O)[C@@H](C)O. The van der Waals surface area contributed by atoms with Crippen molar-refractivity contribution in [2.24, 2.45) is 23.1 Å². The summed E-state index contributed by atoms with van der Waals surface area (Å²) in [5.41, 5.74) is 22.9. The fraction of sp³-hybridized carbons (Fsp3) is 0.344. The van der Waals surface area contributed by atoms with E-state index >= 15 is 9.59 Å².